The SMILES string of the molecule is CCCCCCCCCCCCCC(N)(CCCC)CCCC. The molecule has 2 N–H and O–H groups in total. The van der Waals surface area contributed by atoms with Crippen LogP contribution in [0.2, 0.25) is 0 Å². The van der Waals surface area contributed by atoms with Gasteiger partial charge in [-0.05, 0) is 19.3 Å². The highest BCUT2D eigenvalue weighted by Crippen LogP contribution is 2.25. The summed E-state index contributed by atoms with van der Waals surface area (Å²) in [5.41, 5.74) is 6.83. The van der Waals surface area contributed by atoms with Gasteiger partial charge >= 0.3 is 0 Å². The second kappa shape index (κ2) is 16.8. The number of rotatable bonds is 18. The summed E-state index contributed by atoms with van der Waals surface area (Å²) >= 11 is 0. The Morgan fingerprint density at radius 3 is 1.13 bits per heavy atom. The lowest BCUT2D eigenvalue weighted by Gasteiger charge is -2.30. The average molecular weight is 326 g/mol. The van der Waals surface area contributed by atoms with Crippen LogP contribution in [0.4, 0.5) is 0 Å². The van der Waals surface area contributed by atoms with Crippen LogP contribution in [-0.2, 0) is 0 Å². The topological polar surface area (TPSA) is 26.0 Å². The molecule has 0 bridgehead atoms. The first kappa shape index (κ1) is 23.0. The van der Waals surface area contributed by atoms with Gasteiger partial charge in [0.05, 0.1) is 0 Å². The third-order valence-electron chi connectivity index (χ3n) is 5.33. The van der Waals surface area contributed by atoms with Crippen molar-refractivity contribution in [2.75, 3.05) is 0 Å². The van der Waals surface area contributed by atoms with Gasteiger partial charge in [-0.2, -0.15) is 0 Å². The molecule has 0 saturated heterocycles. The van der Waals surface area contributed by atoms with Crippen molar-refractivity contribution in [1.29, 1.82) is 0 Å². The van der Waals surface area contributed by atoms with Gasteiger partial charge in [0.25, 0.3) is 0 Å². The second-order valence-corrected chi connectivity index (χ2v) is 7.86. The Balaban J connectivity index is 3.54. The lowest BCUT2D eigenvalue weighted by atomic mass is 9.83. The maximum atomic E-state index is 6.69. The molecule has 0 aliphatic heterocycles. The van der Waals surface area contributed by atoms with Crippen LogP contribution in [-0.4, -0.2) is 5.54 Å². The fourth-order valence-electron chi connectivity index (χ4n) is 3.57. The largest absolute Gasteiger partial charge is 0.325 e. The van der Waals surface area contributed by atoms with E-state index in [9.17, 15) is 0 Å². The smallest absolute Gasteiger partial charge is 0.0154 e. The average Bonchev–Trinajstić information content (AvgIpc) is 2.56. The molecule has 0 fully saturated rings. The van der Waals surface area contributed by atoms with Crippen molar-refractivity contribution in [1.82, 2.24) is 0 Å². The quantitative estimate of drug-likeness (QED) is 0.256. The van der Waals surface area contributed by atoms with E-state index in [1.807, 2.05) is 0 Å². The fraction of sp³-hybridized carbons (Fsp3) is 1.00. The van der Waals surface area contributed by atoms with E-state index in [2.05, 4.69) is 20.8 Å². The molecule has 0 unspecified atom stereocenters. The first-order chi connectivity index (χ1) is 11.2. The van der Waals surface area contributed by atoms with Crippen molar-refractivity contribution in [2.24, 2.45) is 5.73 Å². The molecule has 0 spiro atoms. The molecule has 0 atom stereocenters. The monoisotopic (exact) mass is 325 g/mol. The van der Waals surface area contributed by atoms with Gasteiger partial charge in [-0.15, -0.1) is 0 Å². The van der Waals surface area contributed by atoms with Gasteiger partial charge in [0, 0.05) is 5.54 Å². The van der Waals surface area contributed by atoms with Crippen molar-refractivity contribution in [2.45, 2.75) is 142 Å². The first-order valence-electron chi connectivity index (χ1n) is 11.0. The van der Waals surface area contributed by atoms with Crippen molar-refractivity contribution < 1.29 is 0 Å². The zero-order valence-electron chi connectivity index (χ0n) is 16.8. The summed E-state index contributed by atoms with van der Waals surface area (Å²) in [4.78, 5) is 0. The molecule has 0 aromatic heterocycles. The normalized spacial score (nSPS) is 12.0. The van der Waals surface area contributed by atoms with Crippen LogP contribution in [0.15, 0.2) is 0 Å². The molecule has 0 saturated carbocycles. The van der Waals surface area contributed by atoms with Gasteiger partial charge in [-0.25, -0.2) is 0 Å². The summed E-state index contributed by atoms with van der Waals surface area (Å²) in [6.45, 7) is 6.85. The molecule has 1 heteroatoms. The van der Waals surface area contributed by atoms with Crippen molar-refractivity contribution in [3.05, 3.63) is 0 Å². The lowest BCUT2D eigenvalue weighted by Crippen LogP contribution is -2.39. The molecular weight excluding hydrogens is 278 g/mol. The van der Waals surface area contributed by atoms with Crippen LogP contribution < -0.4 is 5.73 Å². The predicted molar refractivity (Wildman–Crippen MR) is 107 cm³/mol. The lowest BCUT2D eigenvalue weighted by molar-refractivity contribution is 0.309. The Kier molecular flexibility index (Phi) is 16.8. The summed E-state index contributed by atoms with van der Waals surface area (Å²) in [5.74, 6) is 0. The van der Waals surface area contributed by atoms with Crippen LogP contribution in [0, 0.1) is 0 Å². The van der Waals surface area contributed by atoms with Gasteiger partial charge in [0.1, 0.15) is 0 Å². The van der Waals surface area contributed by atoms with Gasteiger partial charge in [-0.1, -0.05) is 117 Å². The highest BCUT2D eigenvalue weighted by atomic mass is 14.7. The number of nitrogens with two attached hydrogens (primary N) is 1. The molecule has 0 amide bonds. The van der Waals surface area contributed by atoms with Crippen molar-refractivity contribution in [3.8, 4) is 0 Å². The number of hydrogen-bond acceptors (Lipinski definition) is 1. The molecule has 1 nitrogen and oxygen atoms in total. The van der Waals surface area contributed by atoms with E-state index >= 15 is 0 Å². The predicted octanol–water partition coefficient (Wildman–Crippen LogP) is 7.77. The van der Waals surface area contributed by atoms with E-state index in [1.165, 1.54) is 116 Å². The van der Waals surface area contributed by atoms with Crippen LogP contribution in [0.3, 0.4) is 0 Å². The number of hydrogen-bond donors (Lipinski definition) is 1. The Morgan fingerprint density at radius 1 is 0.435 bits per heavy atom. The van der Waals surface area contributed by atoms with Gasteiger partial charge in [0.15, 0.2) is 0 Å². The van der Waals surface area contributed by atoms with E-state index in [0.717, 1.165) is 0 Å². The van der Waals surface area contributed by atoms with E-state index in [4.69, 9.17) is 5.73 Å². The van der Waals surface area contributed by atoms with Crippen LogP contribution in [0.5, 0.6) is 0 Å². The Labute approximate surface area is 148 Å². The van der Waals surface area contributed by atoms with Crippen LogP contribution in [0.25, 0.3) is 0 Å². The Bertz CT molecular complexity index is 216. The summed E-state index contributed by atoms with van der Waals surface area (Å²) < 4.78 is 0. The second-order valence-electron chi connectivity index (χ2n) is 7.86. The maximum absolute atomic E-state index is 6.69. The molecule has 0 heterocycles. The maximum Gasteiger partial charge on any atom is 0.0154 e. The summed E-state index contributed by atoms with van der Waals surface area (Å²) in [5, 5.41) is 0. The molecular formula is C22H47N. The molecule has 0 radical (unpaired) electrons. The zero-order valence-corrected chi connectivity index (χ0v) is 16.8. The molecule has 23 heavy (non-hydrogen) atoms. The third kappa shape index (κ3) is 15.2. The van der Waals surface area contributed by atoms with E-state index < -0.39 is 0 Å². The standard InChI is InChI=1S/C22H47N/c1-4-7-10-11-12-13-14-15-16-17-18-21-22(23,19-8-5-2)20-9-6-3/h4-21,23H2,1-3H3. The molecule has 0 aromatic rings. The van der Waals surface area contributed by atoms with Crippen LogP contribution >= 0.6 is 0 Å². The summed E-state index contributed by atoms with van der Waals surface area (Å²) in [6, 6.07) is 0. The third-order valence-corrected chi connectivity index (χ3v) is 5.33. The highest BCUT2D eigenvalue weighted by molar-refractivity contribution is 4.83. The van der Waals surface area contributed by atoms with Gasteiger partial charge < -0.3 is 5.73 Å². The Morgan fingerprint density at radius 2 is 0.739 bits per heavy atom. The molecule has 0 aliphatic rings. The van der Waals surface area contributed by atoms with E-state index in [-0.39, 0.29) is 5.54 Å². The van der Waals surface area contributed by atoms with E-state index in [1.54, 1.807) is 0 Å². The molecule has 0 aromatic carbocycles. The minimum Gasteiger partial charge on any atom is -0.325 e. The molecule has 0 aliphatic carbocycles. The minimum atomic E-state index is 0.144. The summed E-state index contributed by atoms with van der Waals surface area (Å²) in [6.07, 6.45) is 24.6. The van der Waals surface area contributed by atoms with Gasteiger partial charge in [-0.3, -0.25) is 0 Å². The number of unbranched alkanes of at least 4 members (excludes halogenated alkanes) is 12. The first-order valence-corrected chi connectivity index (χ1v) is 11.0. The molecule has 0 rings (SSSR count). The van der Waals surface area contributed by atoms with Gasteiger partial charge in [0.2, 0.25) is 0 Å². The van der Waals surface area contributed by atoms with Crippen molar-refractivity contribution in [3.63, 3.8) is 0 Å². The van der Waals surface area contributed by atoms with Crippen LogP contribution in [0.1, 0.15) is 136 Å². The highest BCUT2D eigenvalue weighted by Gasteiger charge is 2.22. The minimum absolute atomic E-state index is 0.144. The fourth-order valence-corrected chi connectivity index (χ4v) is 3.57. The summed E-state index contributed by atoms with van der Waals surface area (Å²) in [7, 11) is 0. The van der Waals surface area contributed by atoms with E-state index in [0.29, 0.717) is 0 Å². The molecule has 140 valence electrons. The zero-order chi connectivity index (χ0) is 17.2. The van der Waals surface area contributed by atoms with Crippen molar-refractivity contribution >= 4 is 0 Å². The Hall–Kier alpha value is -0.0400.